The van der Waals surface area contributed by atoms with Crippen molar-refractivity contribution in [2.45, 2.75) is 10.3 Å². The lowest BCUT2D eigenvalue weighted by molar-refractivity contribution is 0.393. The molecule has 0 aromatic heterocycles. The molecule has 0 radical (unpaired) electrons. The van der Waals surface area contributed by atoms with Crippen LogP contribution in [0.4, 0.5) is 0 Å². The van der Waals surface area contributed by atoms with Crippen LogP contribution in [0.3, 0.4) is 0 Å². The predicted molar refractivity (Wildman–Crippen MR) is 96.2 cm³/mol. The molecule has 0 aliphatic carbocycles. The molecular formula is C16H16BrNO3S2. The van der Waals surface area contributed by atoms with E-state index in [2.05, 4.69) is 15.9 Å². The number of rotatable bonds is 4. The van der Waals surface area contributed by atoms with Crippen molar-refractivity contribution in [1.29, 1.82) is 0 Å². The molecule has 1 fully saturated rings. The summed E-state index contributed by atoms with van der Waals surface area (Å²) in [6.07, 6.45) is 0. The number of sulfonamides is 1. The van der Waals surface area contributed by atoms with Crippen LogP contribution < -0.4 is 4.74 Å². The van der Waals surface area contributed by atoms with Gasteiger partial charge in [-0.15, -0.1) is 11.8 Å². The van der Waals surface area contributed by atoms with Crippen LogP contribution in [-0.4, -0.2) is 32.1 Å². The maximum absolute atomic E-state index is 13.2. The Morgan fingerprint density at radius 3 is 2.65 bits per heavy atom. The number of hydrogen-bond donors (Lipinski definition) is 0. The number of halogens is 1. The molecular weight excluding hydrogens is 398 g/mol. The van der Waals surface area contributed by atoms with Gasteiger partial charge in [0, 0.05) is 16.8 Å². The van der Waals surface area contributed by atoms with Gasteiger partial charge in [0.2, 0.25) is 10.0 Å². The lowest BCUT2D eigenvalue weighted by Gasteiger charge is -2.24. The second-order valence-corrected chi connectivity index (χ2v) is 9.01. The van der Waals surface area contributed by atoms with E-state index >= 15 is 0 Å². The third-order valence-corrected chi connectivity index (χ3v) is 7.42. The zero-order valence-electron chi connectivity index (χ0n) is 12.5. The lowest BCUT2D eigenvalue weighted by Crippen LogP contribution is -2.30. The smallest absolute Gasteiger partial charge is 0.248 e. The van der Waals surface area contributed by atoms with Crippen molar-refractivity contribution in [2.75, 3.05) is 19.4 Å². The van der Waals surface area contributed by atoms with E-state index in [-0.39, 0.29) is 10.3 Å². The molecule has 0 N–H and O–H groups in total. The molecule has 0 spiro atoms. The van der Waals surface area contributed by atoms with Crippen molar-refractivity contribution in [3.63, 3.8) is 0 Å². The minimum absolute atomic E-state index is 0.192. The summed E-state index contributed by atoms with van der Waals surface area (Å²) in [6.45, 7) is 0.488. The minimum atomic E-state index is -3.64. The zero-order chi connectivity index (χ0) is 16.4. The third kappa shape index (κ3) is 3.28. The zero-order valence-corrected chi connectivity index (χ0v) is 15.7. The molecule has 2 aromatic rings. The highest BCUT2D eigenvalue weighted by molar-refractivity contribution is 9.10. The maximum Gasteiger partial charge on any atom is 0.248 e. The Morgan fingerprint density at radius 2 is 1.96 bits per heavy atom. The van der Waals surface area contributed by atoms with E-state index in [4.69, 9.17) is 4.74 Å². The van der Waals surface area contributed by atoms with Crippen LogP contribution in [0.15, 0.2) is 57.9 Å². The summed E-state index contributed by atoms with van der Waals surface area (Å²) >= 11 is 4.98. The quantitative estimate of drug-likeness (QED) is 0.762. The van der Waals surface area contributed by atoms with Gasteiger partial charge in [0.05, 0.1) is 12.5 Å². The molecule has 1 heterocycles. The first-order chi connectivity index (χ1) is 11.0. The first kappa shape index (κ1) is 16.8. The number of methoxy groups -OCH3 is 1. The molecule has 2 aromatic carbocycles. The van der Waals surface area contributed by atoms with Gasteiger partial charge in [0.25, 0.3) is 0 Å². The molecule has 1 saturated heterocycles. The van der Waals surface area contributed by atoms with Gasteiger partial charge < -0.3 is 4.74 Å². The Labute approximate surface area is 149 Å². The molecule has 0 bridgehead atoms. The Bertz CT molecular complexity index is 796. The monoisotopic (exact) mass is 413 g/mol. The lowest BCUT2D eigenvalue weighted by atomic mass is 10.2. The summed E-state index contributed by atoms with van der Waals surface area (Å²) in [5.41, 5.74) is 0.993. The van der Waals surface area contributed by atoms with Crippen molar-refractivity contribution in [3.8, 4) is 5.75 Å². The highest BCUT2D eigenvalue weighted by atomic mass is 79.9. The van der Waals surface area contributed by atoms with E-state index < -0.39 is 10.0 Å². The van der Waals surface area contributed by atoms with E-state index in [1.165, 1.54) is 7.11 Å². The van der Waals surface area contributed by atoms with Crippen LogP contribution in [0, 0.1) is 0 Å². The Balaban J connectivity index is 2.04. The fourth-order valence-electron chi connectivity index (χ4n) is 2.56. The highest BCUT2D eigenvalue weighted by Crippen LogP contribution is 2.43. The summed E-state index contributed by atoms with van der Waals surface area (Å²) in [6, 6.07) is 14.7. The van der Waals surface area contributed by atoms with Crippen LogP contribution in [-0.2, 0) is 10.0 Å². The molecule has 122 valence electrons. The highest BCUT2D eigenvalue weighted by Gasteiger charge is 2.38. The van der Waals surface area contributed by atoms with Crippen molar-refractivity contribution < 1.29 is 13.2 Å². The molecule has 3 rings (SSSR count). The van der Waals surface area contributed by atoms with Crippen LogP contribution >= 0.6 is 27.7 Å². The largest absolute Gasteiger partial charge is 0.495 e. The van der Waals surface area contributed by atoms with Gasteiger partial charge in [-0.2, -0.15) is 4.31 Å². The first-order valence-electron chi connectivity index (χ1n) is 7.06. The molecule has 7 heteroatoms. The standard InChI is InChI=1S/C16H16BrNO3S2/c1-21-14-8-7-13(17)11-15(14)23(19,20)18-9-10-22-16(18)12-5-3-2-4-6-12/h2-8,11,16H,9-10H2,1H3/t16-/m0/s1. The summed E-state index contributed by atoms with van der Waals surface area (Å²) < 4.78 is 33.8. The molecule has 0 amide bonds. The molecule has 1 aliphatic heterocycles. The van der Waals surface area contributed by atoms with Gasteiger partial charge >= 0.3 is 0 Å². The van der Waals surface area contributed by atoms with Crippen molar-refractivity contribution in [1.82, 2.24) is 4.31 Å². The number of thioether (sulfide) groups is 1. The topological polar surface area (TPSA) is 46.6 Å². The van der Waals surface area contributed by atoms with Crippen molar-refractivity contribution in [3.05, 3.63) is 58.6 Å². The summed E-state index contributed by atoms with van der Waals surface area (Å²) in [7, 11) is -2.16. The van der Waals surface area contributed by atoms with Gasteiger partial charge in [-0.05, 0) is 23.8 Å². The Kier molecular flexibility index (Phi) is 5.01. The molecule has 1 aliphatic rings. The van der Waals surface area contributed by atoms with E-state index in [1.807, 2.05) is 30.3 Å². The second-order valence-electron chi connectivity index (χ2n) is 5.04. The normalized spacial score (nSPS) is 19.0. The third-order valence-electron chi connectivity index (χ3n) is 3.65. The van der Waals surface area contributed by atoms with Crippen LogP contribution in [0.5, 0.6) is 5.75 Å². The van der Waals surface area contributed by atoms with Gasteiger partial charge in [-0.1, -0.05) is 46.3 Å². The van der Waals surface area contributed by atoms with E-state index in [0.29, 0.717) is 16.8 Å². The fraction of sp³-hybridized carbons (Fsp3) is 0.250. The molecule has 23 heavy (non-hydrogen) atoms. The second kappa shape index (κ2) is 6.84. The summed E-state index contributed by atoms with van der Waals surface area (Å²) in [5, 5.41) is -0.204. The Morgan fingerprint density at radius 1 is 1.22 bits per heavy atom. The SMILES string of the molecule is COc1ccc(Br)cc1S(=O)(=O)N1CCS[C@H]1c1ccccc1. The Hall–Kier alpha value is -1.02. The van der Waals surface area contributed by atoms with E-state index in [1.54, 1.807) is 34.3 Å². The number of benzene rings is 2. The molecule has 4 nitrogen and oxygen atoms in total. The summed E-state index contributed by atoms with van der Waals surface area (Å²) in [5.74, 6) is 1.13. The number of hydrogen-bond acceptors (Lipinski definition) is 4. The summed E-state index contributed by atoms with van der Waals surface area (Å²) in [4.78, 5) is 0.192. The maximum atomic E-state index is 13.2. The van der Waals surface area contributed by atoms with Crippen molar-refractivity contribution >= 4 is 37.7 Å². The average molecular weight is 414 g/mol. The van der Waals surface area contributed by atoms with Gasteiger partial charge in [-0.3, -0.25) is 0 Å². The van der Waals surface area contributed by atoms with Gasteiger partial charge in [-0.25, -0.2) is 8.42 Å². The van der Waals surface area contributed by atoms with Crippen LogP contribution in [0.25, 0.3) is 0 Å². The predicted octanol–water partition coefficient (Wildman–Crippen LogP) is 3.89. The molecule has 0 unspecified atom stereocenters. The van der Waals surface area contributed by atoms with Gasteiger partial charge in [0.15, 0.2) is 0 Å². The molecule has 0 saturated carbocycles. The van der Waals surface area contributed by atoms with E-state index in [0.717, 1.165) is 11.3 Å². The first-order valence-corrected chi connectivity index (χ1v) is 10.3. The van der Waals surface area contributed by atoms with E-state index in [9.17, 15) is 8.42 Å². The van der Waals surface area contributed by atoms with Crippen molar-refractivity contribution in [2.24, 2.45) is 0 Å². The fourth-order valence-corrected chi connectivity index (χ4v) is 6.50. The minimum Gasteiger partial charge on any atom is -0.495 e. The number of nitrogens with zero attached hydrogens (tertiary/aromatic N) is 1. The van der Waals surface area contributed by atoms with Crippen LogP contribution in [0.1, 0.15) is 10.9 Å². The molecule has 1 atom stereocenters. The van der Waals surface area contributed by atoms with Gasteiger partial charge in [0.1, 0.15) is 10.6 Å². The number of ether oxygens (including phenoxy) is 1. The van der Waals surface area contributed by atoms with Crippen LogP contribution in [0.2, 0.25) is 0 Å². The average Bonchev–Trinajstić information content (AvgIpc) is 3.06.